The zero-order valence-corrected chi connectivity index (χ0v) is 8.58. The molecule has 4 heteroatoms. The van der Waals surface area contributed by atoms with Gasteiger partial charge in [-0.2, -0.15) is 0 Å². The molecule has 0 aromatic heterocycles. The highest BCUT2D eigenvalue weighted by molar-refractivity contribution is 5.80. The van der Waals surface area contributed by atoms with Gasteiger partial charge < -0.3 is 9.84 Å². The van der Waals surface area contributed by atoms with Crippen LogP contribution in [0.1, 0.15) is 39.5 Å². The van der Waals surface area contributed by atoms with Crippen LogP contribution in [-0.4, -0.2) is 23.1 Å². The lowest BCUT2D eigenvalue weighted by atomic mass is 9.79. The Morgan fingerprint density at radius 2 is 2.14 bits per heavy atom. The van der Waals surface area contributed by atoms with E-state index in [0.29, 0.717) is 6.42 Å². The lowest BCUT2D eigenvalue weighted by Crippen LogP contribution is -2.24. The van der Waals surface area contributed by atoms with Gasteiger partial charge >= 0.3 is 11.9 Å². The number of rotatable bonds is 4. The number of carbonyl (C=O) groups is 2. The van der Waals surface area contributed by atoms with E-state index in [2.05, 4.69) is 0 Å². The smallest absolute Gasteiger partial charge is 0.312 e. The van der Waals surface area contributed by atoms with Crippen molar-refractivity contribution in [1.82, 2.24) is 0 Å². The Morgan fingerprint density at radius 3 is 2.50 bits per heavy atom. The average Bonchev–Trinajstić information content (AvgIpc) is 2.42. The van der Waals surface area contributed by atoms with Crippen molar-refractivity contribution in [3.8, 4) is 0 Å². The Labute approximate surface area is 83.2 Å². The van der Waals surface area contributed by atoms with Gasteiger partial charge in [-0.25, -0.2) is 0 Å². The molecule has 14 heavy (non-hydrogen) atoms. The minimum absolute atomic E-state index is 0.0759. The van der Waals surface area contributed by atoms with E-state index >= 15 is 0 Å². The minimum Gasteiger partial charge on any atom is -0.481 e. The van der Waals surface area contributed by atoms with Crippen LogP contribution in [0.25, 0.3) is 0 Å². The van der Waals surface area contributed by atoms with Gasteiger partial charge in [-0.1, -0.05) is 13.8 Å². The Morgan fingerprint density at radius 1 is 1.57 bits per heavy atom. The van der Waals surface area contributed by atoms with Crippen LogP contribution >= 0.6 is 0 Å². The SMILES string of the molecule is CCC1(CC)CC(CC(=O)O)OC1=O. The van der Waals surface area contributed by atoms with E-state index in [1.807, 2.05) is 13.8 Å². The topological polar surface area (TPSA) is 63.6 Å². The quantitative estimate of drug-likeness (QED) is 0.700. The zero-order chi connectivity index (χ0) is 10.8. The highest BCUT2D eigenvalue weighted by Crippen LogP contribution is 2.40. The minimum atomic E-state index is -0.911. The molecule has 0 aromatic rings. The maximum Gasteiger partial charge on any atom is 0.312 e. The molecule has 1 saturated heterocycles. The molecule has 1 aliphatic heterocycles. The van der Waals surface area contributed by atoms with Crippen molar-refractivity contribution in [3.05, 3.63) is 0 Å². The summed E-state index contributed by atoms with van der Waals surface area (Å²) in [7, 11) is 0. The fraction of sp³-hybridized carbons (Fsp3) is 0.800. The molecule has 1 aliphatic rings. The first kappa shape index (κ1) is 11.0. The second kappa shape index (κ2) is 3.98. The van der Waals surface area contributed by atoms with Crippen LogP contribution < -0.4 is 0 Å². The zero-order valence-electron chi connectivity index (χ0n) is 8.58. The summed E-state index contributed by atoms with van der Waals surface area (Å²) in [6.07, 6.45) is 1.48. The largest absolute Gasteiger partial charge is 0.481 e. The van der Waals surface area contributed by atoms with Crippen LogP contribution in [0.15, 0.2) is 0 Å². The Hall–Kier alpha value is -1.06. The van der Waals surface area contributed by atoms with E-state index in [9.17, 15) is 9.59 Å². The monoisotopic (exact) mass is 200 g/mol. The van der Waals surface area contributed by atoms with Crippen molar-refractivity contribution >= 4 is 11.9 Å². The molecule has 0 aromatic carbocycles. The number of hydrogen-bond donors (Lipinski definition) is 1. The van der Waals surface area contributed by atoms with Gasteiger partial charge in [0, 0.05) is 6.42 Å². The van der Waals surface area contributed by atoms with Crippen molar-refractivity contribution < 1.29 is 19.4 Å². The molecule has 4 nitrogen and oxygen atoms in total. The molecule has 1 heterocycles. The first-order valence-electron chi connectivity index (χ1n) is 4.97. The molecule has 0 saturated carbocycles. The molecule has 1 N–H and O–H groups in total. The van der Waals surface area contributed by atoms with Gasteiger partial charge in [-0.05, 0) is 12.8 Å². The predicted octanol–water partition coefficient (Wildman–Crippen LogP) is 1.58. The number of carboxylic acids is 1. The number of carbonyl (C=O) groups excluding carboxylic acids is 1. The normalized spacial score (nSPS) is 24.7. The number of cyclic esters (lactones) is 1. The second-order valence-electron chi connectivity index (χ2n) is 3.82. The summed E-state index contributed by atoms with van der Waals surface area (Å²) in [6.45, 7) is 3.88. The molecule has 1 atom stereocenters. The van der Waals surface area contributed by atoms with Crippen molar-refractivity contribution in [1.29, 1.82) is 0 Å². The molecule has 0 radical (unpaired) electrons. The van der Waals surface area contributed by atoms with E-state index in [1.165, 1.54) is 0 Å². The van der Waals surface area contributed by atoms with Crippen molar-refractivity contribution in [2.75, 3.05) is 0 Å². The summed E-state index contributed by atoms with van der Waals surface area (Å²) < 4.78 is 5.05. The van der Waals surface area contributed by atoms with Crippen molar-refractivity contribution in [3.63, 3.8) is 0 Å². The second-order valence-corrected chi connectivity index (χ2v) is 3.82. The van der Waals surface area contributed by atoms with Gasteiger partial charge in [0.1, 0.15) is 6.10 Å². The summed E-state index contributed by atoms with van der Waals surface area (Å²) in [5.41, 5.74) is -0.430. The lowest BCUT2D eigenvalue weighted by Gasteiger charge is -2.19. The lowest BCUT2D eigenvalue weighted by molar-refractivity contribution is -0.151. The van der Waals surface area contributed by atoms with Crippen LogP contribution in [0.3, 0.4) is 0 Å². The molecule has 0 bridgehead atoms. The number of ether oxygens (including phenoxy) is 1. The molecular weight excluding hydrogens is 184 g/mol. The predicted molar refractivity (Wildman–Crippen MR) is 49.8 cm³/mol. The average molecular weight is 200 g/mol. The molecule has 0 aliphatic carbocycles. The van der Waals surface area contributed by atoms with E-state index in [1.54, 1.807) is 0 Å². The summed E-state index contributed by atoms with van der Waals surface area (Å²) in [6, 6.07) is 0. The molecule has 1 rings (SSSR count). The van der Waals surface area contributed by atoms with Gasteiger partial charge in [0.15, 0.2) is 0 Å². The molecule has 0 spiro atoms. The van der Waals surface area contributed by atoms with E-state index in [0.717, 1.165) is 12.8 Å². The van der Waals surface area contributed by atoms with Crippen LogP contribution in [0, 0.1) is 5.41 Å². The molecule has 1 unspecified atom stereocenters. The van der Waals surface area contributed by atoms with E-state index < -0.39 is 17.5 Å². The summed E-state index contributed by atoms with van der Waals surface area (Å²) in [4.78, 5) is 22.0. The van der Waals surface area contributed by atoms with Gasteiger partial charge in [0.25, 0.3) is 0 Å². The maximum absolute atomic E-state index is 11.5. The van der Waals surface area contributed by atoms with Gasteiger partial charge in [0.2, 0.25) is 0 Å². The van der Waals surface area contributed by atoms with Crippen LogP contribution in [-0.2, 0) is 14.3 Å². The standard InChI is InChI=1S/C10H16O4/c1-3-10(4-2)6-7(5-8(11)12)14-9(10)13/h7H,3-6H2,1-2H3,(H,11,12). The summed E-state index contributed by atoms with van der Waals surface area (Å²) in [5, 5.41) is 8.58. The van der Waals surface area contributed by atoms with Gasteiger partial charge in [-0.3, -0.25) is 9.59 Å². The third-order valence-electron chi connectivity index (χ3n) is 3.08. The van der Waals surface area contributed by atoms with Gasteiger partial charge in [0.05, 0.1) is 11.8 Å². The Kier molecular flexibility index (Phi) is 3.13. The first-order chi connectivity index (χ1) is 6.54. The fourth-order valence-corrected chi connectivity index (χ4v) is 1.97. The highest BCUT2D eigenvalue weighted by atomic mass is 16.6. The Bertz CT molecular complexity index is 243. The van der Waals surface area contributed by atoms with Crippen molar-refractivity contribution in [2.24, 2.45) is 5.41 Å². The van der Waals surface area contributed by atoms with Gasteiger partial charge in [-0.15, -0.1) is 0 Å². The van der Waals surface area contributed by atoms with E-state index in [-0.39, 0.29) is 12.4 Å². The molecule has 1 fully saturated rings. The fourth-order valence-electron chi connectivity index (χ4n) is 1.97. The van der Waals surface area contributed by atoms with Crippen molar-refractivity contribution in [2.45, 2.75) is 45.6 Å². The number of aliphatic carboxylic acids is 1. The third-order valence-corrected chi connectivity index (χ3v) is 3.08. The molecular formula is C10H16O4. The van der Waals surface area contributed by atoms with E-state index in [4.69, 9.17) is 9.84 Å². The molecule has 0 amide bonds. The van der Waals surface area contributed by atoms with Crippen LogP contribution in [0.5, 0.6) is 0 Å². The third kappa shape index (κ3) is 1.89. The number of esters is 1. The summed E-state index contributed by atoms with van der Waals surface area (Å²) >= 11 is 0. The van der Waals surface area contributed by atoms with Crippen LogP contribution in [0.2, 0.25) is 0 Å². The maximum atomic E-state index is 11.5. The summed E-state index contributed by atoms with van der Waals surface area (Å²) in [5.74, 6) is -1.14. The Balaban J connectivity index is 2.67. The molecule has 80 valence electrons. The number of hydrogen-bond acceptors (Lipinski definition) is 3. The van der Waals surface area contributed by atoms with Crippen LogP contribution in [0.4, 0.5) is 0 Å². The first-order valence-corrected chi connectivity index (χ1v) is 4.97. The number of carboxylic acid groups (broad SMARTS) is 1. The highest BCUT2D eigenvalue weighted by Gasteiger charge is 2.46.